The lowest BCUT2D eigenvalue weighted by atomic mass is 9.46. The zero-order valence-electron chi connectivity index (χ0n) is 15.7. The summed E-state index contributed by atoms with van der Waals surface area (Å²) in [5.74, 6) is 0.728. The van der Waals surface area contributed by atoms with Gasteiger partial charge in [0, 0.05) is 0 Å². The lowest BCUT2D eigenvalue weighted by Crippen LogP contribution is -2.53. The molecule has 134 valence electrons. The van der Waals surface area contributed by atoms with E-state index in [2.05, 4.69) is 33.9 Å². The summed E-state index contributed by atoms with van der Waals surface area (Å²) in [5.41, 5.74) is 0.895. The van der Waals surface area contributed by atoms with Crippen LogP contribution in [0.4, 0.5) is 0 Å². The average Bonchev–Trinajstić information content (AvgIpc) is 3.20. The molecule has 3 nitrogen and oxygen atoms in total. The molecule has 0 N–H and O–H groups in total. The summed E-state index contributed by atoms with van der Waals surface area (Å²) in [6, 6.07) is 0. The number of carbonyl (C=O) groups excluding carboxylic acids is 1. The molecule has 0 amide bonds. The quantitative estimate of drug-likeness (QED) is 0.426. The van der Waals surface area contributed by atoms with E-state index in [9.17, 15) is 4.79 Å². The molecule has 0 aromatic rings. The molecule has 0 bridgehead atoms. The molecule has 3 aliphatic rings. The number of carbonyl (C=O) groups is 1. The predicted molar refractivity (Wildman–Crippen MR) is 95.5 cm³/mol. The zero-order valence-corrected chi connectivity index (χ0v) is 15.7. The van der Waals surface area contributed by atoms with E-state index in [-0.39, 0.29) is 28.5 Å². The van der Waals surface area contributed by atoms with E-state index in [1.807, 2.05) is 6.08 Å². The van der Waals surface area contributed by atoms with Gasteiger partial charge < -0.3 is 9.47 Å². The Kier molecular flexibility index (Phi) is 4.23. The molecule has 1 aliphatic heterocycles. The van der Waals surface area contributed by atoms with Crippen LogP contribution in [0.1, 0.15) is 59.3 Å². The van der Waals surface area contributed by atoms with Crippen molar-refractivity contribution in [2.45, 2.75) is 71.0 Å². The lowest BCUT2D eigenvalue weighted by Gasteiger charge is -2.57. The van der Waals surface area contributed by atoms with Gasteiger partial charge in [0.1, 0.15) is 5.60 Å². The molecule has 0 spiro atoms. The first-order valence-electron chi connectivity index (χ1n) is 9.29. The topological polar surface area (TPSA) is 38.8 Å². The number of fused-ring (bicyclic) bond motifs is 1. The van der Waals surface area contributed by atoms with Crippen molar-refractivity contribution in [1.82, 2.24) is 0 Å². The molecule has 0 radical (unpaired) electrons. The molecule has 3 rings (SSSR count). The van der Waals surface area contributed by atoms with Crippen molar-refractivity contribution >= 4 is 5.97 Å². The van der Waals surface area contributed by atoms with E-state index in [1.54, 1.807) is 0 Å². The number of epoxide rings is 1. The van der Waals surface area contributed by atoms with Crippen molar-refractivity contribution in [3.8, 4) is 0 Å². The van der Waals surface area contributed by atoms with Gasteiger partial charge in [-0.25, -0.2) is 0 Å². The Hall–Kier alpha value is -1.09. The predicted octanol–water partition coefficient (Wildman–Crippen LogP) is 4.67. The number of esters is 1. The minimum Gasteiger partial charge on any atom is -0.469 e. The number of hydrogen-bond donors (Lipinski definition) is 0. The number of rotatable bonds is 4. The second kappa shape index (κ2) is 5.72. The van der Waals surface area contributed by atoms with Gasteiger partial charge in [0.15, 0.2) is 0 Å². The van der Waals surface area contributed by atoms with Gasteiger partial charge in [-0.05, 0) is 63.2 Å². The lowest BCUT2D eigenvalue weighted by molar-refractivity contribution is -0.168. The molecule has 6 atom stereocenters. The van der Waals surface area contributed by atoms with Gasteiger partial charge in [-0.1, -0.05) is 31.6 Å². The van der Waals surface area contributed by atoms with Crippen molar-refractivity contribution in [2.24, 2.45) is 22.7 Å². The van der Waals surface area contributed by atoms with Gasteiger partial charge in [0.05, 0.1) is 18.6 Å². The second-order valence-electron chi connectivity index (χ2n) is 8.80. The van der Waals surface area contributed by atoms with Gasteiger partial charge in [0.2, 0.25) is 0 Å². The summed E-state index contributed by atoms with van der Waals surface area (Å²) in [5, 5.41) is 0. The monoisotopic (exact) mass is 332 g/mol. The molecule has 0 aromatic heterocycles. The minimum atomic E-state index is -0.368. The minimum absolute atomic E-state index is 0.0386. The van der Waals surface area contributed by atoms with Crippen LogP contribution in [-0.4, -0.2) is 24.8 Å². The Balaban J connectivity index is 1.88. The highest BCUT2D eigenvalue weighted by Gasteiger charge is 2.60. The van der Waals surface area contributed by atoms with E-state index in [0.717, 1.165) is 38.5 Å². The summed E-state index contributed by atoms with van der Waals surface area (Å²) < 4.78 is 11.1. The summed E-state index contributed by atoms with van der Waals surface area (Å²) in [4.78, 5) is 12.6. The molecule has 0 unspecified atom stereocenters. The van der Waals surface area contributed by atoms with Crippen LogP contribution in [0.3, 0.4) is 0 Å². The molecule has 3 heteroatoms. The Morgan fingerprint density at radius 3 is 2.67 bits per heavy atom. The first kappa shape index (κ1) is 17.7. The molecule has 3 fully saturated rings. The molecule has 2 saturated carbocycles. The average molecular weight is 332 g/mol. The highest BCUT2D eigenvalue weighted by Crippen LogP contribution is 2.63. The van der Waals surface area contributed by atoms with Gasteiger partial charge >= 0.3 is 5.97 Å². The van der Waals surface area contributed by atoms with E-state index < -0.39 is 0 Å². The van der Waals surface area contributed by atoms with E-state index in [0.29, 0.717) is 11.8 Å². The van der Waals surface area contributed by atoms with Crippen molar-refractivity contribution in [1.29, 1.82) is 0 Å². The highest BCUT2D eigenvalue weighted by atomic mass is 16.6. The second-order valence-corrected chi connectivity index (χ2v) is 8.80. The van der Waals surface area contributed by atoms with Crippen LogP contribution in [0.25, 0.3) is 0 Å². The summed E-state index contributed by atoms with van der Waals surface area (Å²) in [6.07, 6.45) is 8.37. The molecule has 2 aliphatic carbocycles. The third kappa shape index (κ3) is 2.47. The maximum Gasteiger partial charge on any atom is 0.311 e. The number of methoxy groups -OCH3 is 1. The fraction of sp³-hybridized carbons (Fsp3) is 0.762. The van der Waals surface area contributed by atoms with Crippen LogP contribution in [0.2, 0.25) is 0 Å². The highest BCUT2D eigenvalue weighted by molar-refractivity contribution is 5.77. The Bertz CT molecular complexity index is 567. The van der Waals surface area contributed by atoms with Crippen molar-refractivity contribution < 1.29 is 14.3 Å². The Labute approximate surface area is 146 Å². The summed E-state index contributed by atoms with van der Waals surface area (Å²) in [6.45, 7) is 14.9. The maximum absolute atomic E-state index is 12.6. The van der Waals surface area contributed by atoms with Gasteiger partial charge in [0.25, 0.3) is 0 Å². The van der Waals surface area contributed by atoms with Gasteiger partial charge in [-0.3, -0.25) is 4.79 Å². The number of ether oxygens (including phenoxy) is 2. The molecule has 1 heterocycles. The van der Waals surface area contributed by atoms with E-state index in [4.69, 9.17) is 9.47 Å². The van der Waals surface area contributed by atoms with Gasteiger partial charge in [-0.15, -0.1) is 6.58 Å². The van der Waals surface area contributed by atoms with Crippen molar-refractivity contribution in [3.05, 3.63) is 24.8 Å². The Morgan fingerprint density at radius 1 is 1.38 bits per heavy atom. The van der Waals surface area contributed by atoms with Crippen LogP contribution >= 0.6 is 0 Å². The van der Waals surface area contributed by atoms with E-state index >= 15 is 0 Å². The smallest absolute Gasteiger partial charge is 0.311 e. The normalized spacial score (nSPS) is 47.7. The summed E-state index contributed by atoms with van der Waals surface area (Å²) >= 11 is 0. The fourth-order valence-electron chi connectivity index (χ4n) is 5.81. The van der Waals surface area contributed by atoms with E-state index in [1.165, 1.54) is 12.7 Å². The Morgan fingerprint density at radius 2 is 2.08 bits per heavy atom. The van der Waals surface area contributed by atoms with Crippen LogP contribution in [-0.2, 0) is 14.3 Å². The first-order valence-corrected chi connectivity index (χ1v) is 9.29. The largest absolute Gasteiger partial charge is 0.469 e. The molecule has 1 saturated heterocycles. The van der Waals surface area contributed by atoms with Crippen molar-refractivity contribution in [2.75, 3.05) is 7.11 Å². The van der Waals surface area contributed by atoms with Gasteiger partial charge in [-0.2, -0.15) is 0 Å². The van der Waals surface area contributed by atoms with Crippen molar-refractivity contribution in [3.63, 3.8) is 0 Å². The zero-order chi connectivity index (χ0) is 17.8. The fourth-order valence-corrected chi connectivity index (χ4v) is 5.81. The van der Waals surface area contributed by atoms with Crippen LogP contribution < -0.4 is 0 Å². The summed E-state index contributed by atoms with van der Waals surface area (Å²) in [7, 11) is 1.52. The third-order valence-electron chi connectivity index (χ3n) is 7.50. The number of allylic oxidation sites excluding steroid dienone is 1. The van der Waals surface area contributed by atoms with Crippen LogP contribution in [0.15, 0.2) is 24.8 Å². The van der Waals surface area contributed by atoms with Crippen LogP contribution in [0, 0.1) is 22.7 Å². The maximum atomic E-state index is 12.6. The molecule has 24 heavy (non-hydrogen) atoms. The number of hydrogen-bond acceptors (Lipinski definition) is 3. The molecule has 0 aromatic carbocycles. The standard InChI is InChI=1S/C21H32O3/c1-7-21(5)17(24-21)13-15-14(2)9-10-16-19(15,3)11-8-12-20(16,4)18(22)23-6/h7,15-17H,1-2,8-13H2,3-6H3/t15-,16+,17+,19+,20-,21-/m0/s1. The van der Waals surface area contributed by atoms with Crippen LogP contribution in [0.5, 0.6) is 0 Å². The SMILES string of the molecule is C=C[C@]1(C)O[C@@H]1C[C@H]1C(=C)CC[C@@H]2[C@]1(C)CCC[C@]2(C)C(=O)OC. The first-order chi connectivity index (χ1) is 11.2. The molecular weight excluding hydrogens is 300 g/mol. The third-order valence-corrected chi connectivity index (χ3v) is 7.50. The molecular formula is C21H32O3.